The van der Waals surface area contributed by atoms with E-state index in [0.717, 1.165) is 0 Å². The summed E-state index contributed by atoms with van der Waals surface area (Å²) >= 11 is 0. The zero-order valence-electron chi connectivity index (χ0n) is 15.8. The van der Waals surface area contributed by atoms with Gasteiger partial charge in [-0.15, -0.1) is 0 Å². The molecule has 1 aromatic carbocycles. The minimum atomic E-state index is -3.90. The number of hydrogen-bond donors (Lipinski definition) is 0. The van der Waals surface area contributed by atoms with Crippen molar-refractivity contribution in [3.63, 3.8) is 0 Å². The van der Waals surface area contributed by atoms with Crippen molar-refractivity contribution in [3.05, 3.63) is 35.9 Å². The van der Waals surface area contributed by atoms with Crippen LogP contribution >= 0.6 is 7.60 Å². The van der Waals surface area contributed by atoms with E-state index in [9.17, 15) is 14.2 Å². The fourth-order valence-electron chi connectivity index (χ4n) is 3.95. The Bertz CT molecular complexity index is 787. The number of aliphatic imine (C=N–C) groups is 1. The summed E-state index contributed by atoms with van der Waals surface area (Å²) in [6, 6.07) is 8.90. The monoisotopic (exact) mass is 392 g/mol. The molecule has 7 nitrogen and oxygen atoms in total. The summed E-state index contributed by atoms with van der Waals surface area (Å²) in [6.07, 6.45) is 2.11. The van der Waals surface area contributed by atoms with E-state index in [1.54, 1.807) is 38.1 Å². The lowest BCUT2D eigenvalue weighted by atomic mass is 9.87. The molecule has 1 fully saturated rings. The molecule has 1 saturated heterocycles. The van der Waals surface area contributed by atoms with Crippen LogP contribution in [0.15, 0.2) is 35.3 Å². The molecule has 0 saturated carbocycles. The number of hydrogen-bond acceptors (Lipinski definition) is 6. The zero-order valence-corrected chi connectivity index (χ0v) is 16.7. The highest BCUT2D eigenvalue weighted by atomic mass is 31.2. The van der Waals surface area contributed by atoms with E-state index in [0.29, 0.717) is 18.5 Å². The molecule has 2 aliphatic rings. The van der Waals surface area contributed by atoms with Crippen molar-refractivity contribution in [2.45, 2.75) is 32.5 Å². The molecule has 0 unspecified atom stereocenters. The number of carbonyl (C=O) groups is 2. The van der Waals surface area contributed by atoms with Gasteiger partial charge in [0.15, 0.2) is 5.28 Å². The van der Waals surface area contributed by atoms with Crippen molar-refractivity contribution in [1.82, 2.24) is 4.90 Å². The Hall–Kier alpha value is -1.82. The molecule has 3 atom stereocenters. The lowest BCUT2D eigenvalue weighted by molar-refractivity contribution is -0.140. The molecular formula is C19H25N2O5P. The van der Waals surface area contributed by atoms with Crippen molar-refractivity contribution in [3.8, 4) is 0 Å². The molecule has 1 aromatic rings. The van der Waals surface area contributed by atoms with Gasteiger partial charge in [0, 0.05) is 12.8 Å². The minimum Gasteiger partial charge on any atom is -0.307 e. The summed E-state index contributed by atoms with van der Waals surface area (Å²) in [6.45, 7) is 5.94. The summed E-state index contributed by atoms with van der Waals surface area (Å²) in [5.74, 6) is -2.35. The molecule has 2 heterocycles. The van der Waals surface area contributed by atoms with Crippen LogP contribution in [0.25, 0.3) is 0 Å². The van der Waals surface area contributed by atoms with Gasteiger partial charge in [0.1, 0.15) is 0 Å². The second-order valence-electron chi connectivity index (χ2n) is 6.53. The van der Waals surface area contributed by atoms with Gasteiger partial charge in [-0.3, -0.25) is 24.0 Å². The Morgan fingerprint density at radius 3 is 2.26 bits per heavy atom. The maximum Gasteiger partial charge on any atom is 0.363 e. The van der Waals surface area contributed by atoms with E-state index in [1.807, 2.05) is 13.0 Å². The van der Waals surface area contributed by atoms with Crippen LogP contribution in [-0.2, 0) is 28.5 Å². The Kier molecular flexibility index (Phi) is 5.65. The average Bonchev–Trinajstić information content (AvgIpc) is 3.17. The van der Waals surface area contributed by atoms with Gasteiger partial charge in [0.25, 0.3) is 0 Å². The molecule has 2 aliphatic heterocycles. The summed E-state index contributed by atoms with van der Waals surface area (Å²) < 4.78 is 25.2. The number of rotatable bonds is 8. The van der Waals surface area contributed by atoms with Crippen molar-refractivity contribution in [2.24, 2.45) is 16.8 Å². The Morgan fingerprint density at radius 1 is 1.07 bits per heavy atom. The standard InChI is InChI=1S/C19H25N2O5P/c1-4-12-21-17(22)15-13-20-19(16(15)18(21)23,14-10-8-7-9-11-14)27(24,25-5-2)26-6-3/h7-11,13,15-16H,4-6,12H2,1-3H3/t15-,16+,19+/m1/s1. The van der Waals surface area contributed by atoms with Gasteiger partial charge < -0.3 is 9.05 Å². The smallest absolute Gasteiger partial charge is 0.307 e. The first-order chi connectivity index (χ1) is 13.0. The van der Waals surface area contributed by atoms with E-state index in [2.05, 4.69) is 4.99 Å². The van der Waals surface area contributed by atoms with Gasteiger partial charge in [-0.1, -0.05) is 37.3 Å². The number of nitrogens with zero attached hydrogens (tertiary/aromatic N) is 2. The van der Waals surface area contributed by atoms with Crippen molar-refractivity contribution >= 4 is 25.6 Å². The van der Waals surface area contributed by atoms with E-state index in [4.69, 9.17) is 9.05 Å². The second kappa shape index (κ2) is 7.66. The van der Waals surface area contributed by atoms with Crippen LogP contribution in [0.2, 0.25) is 0 Å². The molecule has 0 aliphatic carbocycles. The fourth-order valence-corrected chi connectivity index (χ4v) is 6.39. The largest absolute Gasteiger partial charge is 0.363 e. The number of imide groups is 1. The Balaban J connectivity index is 2.21. The first-order valence-electron chi connectivity index (χ1n) is 9.32. The molecule has 27 heavy (non-hydrogen) atoms. The normalized spacial score (nSPS) is 27.4. The predicted octanol–water partition coefficient (Wildman–Crippen LogP) is 3.20. The fraction of sp³-hybridized carbons (Fsp3) is 0.526. The summed E-state index contributed by atoms with van der Waals surface area (Å²) in [5, 5.41) is -1.56. The third kappa shape index (κ3) is 2.89. The Labute approximate surface area is 159 Å². The van der Waals surface area contributed by atoms with E-state index < -0.39 is 24.7 Å². The molecule has 2 amide bonds. The van der Waals surface area contributed by atoms with Crippen LogP contribution < -0.4 is 0 Å². The summed E-state index contributed by atoms with van der Waals surface area (Å²) in [4.78, 5) is 31.8. The zero-order chi connectivity index (χ0) is 19.7. The van der Waals surface area contributed by atoms with Crippen LogP contribution in [0, 0.1) is 11.8 Å². The van der Waals surface area contributed by atoms with Gasteiger partial charge in [-0.2, -0.15) is 0 Å². The lowest BCUT2D eigenvalue weighted by Crippen LogP contribution is -2.40. The van der Waals surface area contributed by atoms with Crippen LogP contribution in [0.3, 0.4) is 0 Å². The van der Waals surface area contributed by atoms with E-state index in [1.165, 1.54) is 11.1 Å². The SMILES string of the molecule is CCCN1C(=O)[C@@H]2[C@@H](C=N[C@@]2(c2ccccc2)P(=O)(OCC)OCC)C1=O. The van der Waals surface area contributed by atoms with Crippen LogP contribution in [0.4, 0.5) is 0 Å². The van der Waals surface area contributed by atoms with E-state index in [-0.39, 0.29) is 25.0 Å². The molecule has 8 heteroatoms. The van der Waals surface area contributed by atoms with Gasteiger partial charge in [-0.25, -0.2) is 0 Å². The topological polar surface area (TPSA) is 85.3 Å². The third-order valence-corrected chi connectivity index (χ3v) is 7.65. The lowest BCUT2D eigenvalue weighted by Gasteiger charge is -2.37. The number of carbonyl (C=O) groups excluding carboxylic acids is 2. The summed E-state index contributed by atoms with van der Waals surface area (Å²) in [7, 11) is -3.90. The van der Waals surface area contributed by atoms with Gasteiger partial charge in [0.2, 0.25) is 11.8 Å². The highest BCUT2D eigenvalue weighted by Gasteiger charge is 2.69. The predicted molar refractivity (Wildman–Crippen MR) is 101 cm³/mol. The van der Waals surface area contributed by atoms with Crippen molar-refractivity contribution in [2.75, 3.05) is 19.8 Å². The van der Waals surface area contributed by atoms with Gasteiger partial charge in [-0.05, 0) is 25.8 Å². The molecule has 0 N–H and O–H groups in total. The highest BCUT2D eigenvalue weighted by molar-refractivity contribution is 7.55. The highest BCUT2D eigenvalue weighted by Crippen LogP contribution is 2.72. The number of likely N-dealkylation sites (tertiary alicyclic amines) is 1. The summed E-state index contributed by atoms with van der Waals surface area (Å²) in [5.41, 5.74) is 0.554. The molecule has 0 spiro atoms. The van der Waals surface area contributed by atoms with Crippen molar-refractivity contribution in [1.29, 1.82) is 0 Å². The second-order valence-corrected chi connectivity index (χ2v) is 8.73. The molecule has 0 bridgehead atoms. The first kappa shape index (κ1) is 19.9. The molecule has 3 rings (SSSR count). The maximum atomic E-state index is 14.0. The maximum absolute atomic E-state index is 14.0. The van der Waals surface area contributed by atoms with Crippen LogP contribution in [0.5, 0.6) is 0 Å². The minimum absolute atomic E-state index is 0.138. The molecule has 146 valence electrons. The van der Waals surface area contributed by atoms with Gasteiger partial charge in [0.05, 0.1) is 25.0 Å². The number of benzene rings is 1. The van der Waals surface area contributed by atoms with Crippen LogP contribution in [-0.4, -0.2) is 42.7 Å². The Morgan fingerprint density at radius 2 is 1.70 bits per heavy atom. The van der Waals surface area contributed by atoms with Crippen LogP contribution in [0.1, 0.15) is 32.8 Å². The quantitative estimate of drug-likeness (QED) is 0.501. The third-order valence-electron chi connectivity index (χ3n) is 4.97. The van der Waals surface area contributed by atoms with E-state index >= 15 is 0 Å². The number of amides is 2. The molecular weight excluding hydrogens is 367 g/mol. The van der Waals surface area contributed by atoms with Crippen molar-refractivity contribution < 1.29 is 23.2 Å². The molecule has 0 aromatic heterocycles. The van der Waals surface area contributed by atoms with Gasteiger partial charge >= 0.3 is 7.60 Å². The first-order valence-corrected chi connectivity index (χ1v) is 10.9. The molecule has 0 radical (unpaired) electrons. The number of fused-ring (bicyclic) bond motifs is 1. The average molecular weight is 392 g/mol.